The van der Waals surface area contributed by atoms with Crippen molar-refractivity contribution in [1.29, 1.82) is 0 Å². The normalized spacial score (nSPS) is 20.8. The second kappa shape index (κ2) is 2.79. The zero-order valence-corrected chi connectivity index (χ0v) is 7.67. The van der Waals surface area contributed by atoms with Gasteiger partial charge in [0.05, 0.1) is 5.69 Å². The molecule has 0 radical (unpaired) electrons. The van der Waals surface area contributed by atoms with Gasteiger partial charge in [0.1, 0.15) is 5.75 Å². The summed E-state index contributed by atoms with van der Waals surface area (Å²) in [6.07, 6.45) is 0. The molecule has 0 saturated heterocycles. The SMILES string of the molecule is O=C1Nc2ccccc2OC1Br. The van der Waals surface area contributed by atoms with Gasteiger partial charge in [-0.2, -0.15) is 0 Å². The summed E-state index contributed by atoms with van der Waals surface area (Å²) < 4.78 is 5.25. The van der Waals surface area contributed by atoms with Gasteiger partial charge in [0.15, 0.2) is 0 Å². The van der Waals surface area contributed by atoms with E-state index in [2.05, 4.69) is 21.2 Å². The Balaban J connectivity index is 2.40. The van der Waals surface area contributed by atoms with Gasteiger partial charge in [-0.15, -0.1) is 0 Å². The van der Waals surface area contributed by atoms with Crippen LogP contribution in [0.4, 0.5) is 5.69 Å². The summed E-state index contributed by atoms with van der Waals surface area (Å²) in [6.45, 7) is 0. The highest BCUT2D eigenvalue weighted by molar-refractivity contribution is 9.09. The van der Waals surface area contributed by atoms with Crippen molar-refractivity contribution >= 4 is 27.5 Å². The van der Waals surface area contributed by atoms with E-state index in [9.17, 15) is 4.79 Å². The quantitative estimate of drug-likeness (QED) is 0.687. The monoisotopic (exact) mass is 227 g/mol. The molecule has 1 aromatic carbocycles. The second-order valence-corrected chi connectivity index (χ2v) is 3.25. The number of fused-ring (bicyclic) bond motifs is 1. The maximum Gasteiger partial charge on any atom is 0.276 e. The van der Waals surface area contributed by atoms with Gasteiger partial charge in [-0.05, 0) is 28.1 Å². The highest BCUT2D eigenvalue weighted by atomic mass is 79.9. The van der Waals surface area contributed by atoms with Crippen molar-refractivity contribution in [3.63, 3.8) is 0 Å². The van der Waals surface area contributed by atoms with Gasteiger partial charge >= 0.3 is 0 Å². The van der Waals surface area contributed by atoms with Crippen LogP contribution in [0.1, 0.15) is 0 Å². The Hall–Kier alpha value is -1.03. The lowest BCUT2D eigenvalue weighted by Crippen LogP contribution is -2.31. The fourth-order valence-corrected chi connectivity index (χ4v) is 1.34. The van der Waals surface area contributed by atoms with Crippen LogP contribution in [0.3, 0.4) is 0 Å². The average Bonchev–Trinajstić information content (AvgIpc) is 2.07. The molecule has 12 heavy (non-hydrogen) atoms. The Morgan fingerprint density at radius 1 is 1.42 bits per heavy atom. The van der Waals surface area contributed by atoms with Gasteiger partial charge in [0.25, 0.3) is 5.91 Å². The minimum absolute atomic E-state index is 0.172. The zero-order chi connectivity index (χ0) is 8.55. The first kappa shape index (κ1) is 7.61. The van der Waals surface area contributed by atoms with Crippen molar-refractivity contribution in [1.82, 2.24) is 0 Å². The summed E-state index contributed by atoms with van der Waals surface area (Å²) in [5.41, 5.74) is 0.721. The maximum atomic E-state index is 11.1. The van der Waals surface area contributed by atoms with Crippen LogP contribution < -0.4 is 10.1 Å². The first-order valence-corrected chi connectivity index (χ1v) is 4.39. The third-order valence-corrected chi connectivity index (χ3v) is 2.18. The summed E-state index contributed by atoms with van der Waals surface area (Å²) in [7, 11) is 0. The van der Waals surface area contributed by atoms with Crippen LogP contribution in [-0.4, -0.2) is 10.9 Å². The summed E-state index contributed by atoms with van der Waals surface area (Å²) in [4.78, 5) is 11.1. The molecule has 1 heterocycles. The minimum Gasteiger partial charge on any atom is -0.467 e. The predicted molar refractivity (Wildman–Crippen MR) is 48.4 cm³/mol. The molecule has 1 atom stereocenters. The van der Waals surface area contributed by atoms with E-state index >= 15 is 0 Å². The number of anilines is 1. The Labute approximate surface area is 77.8 Å². The number of benzene rings is 1. The number of amides is 1. The maximum absolute atomic E-state index is 11.1. The third-order valence-electron chi connectivity index (χ3n) is 1.58. The van der Waals surface area contributed by atoms with E-state index in [0.717, 1.165) is 5.69 Å². The number of nitrogens with one attached hydrogen (secondary N) is 1. The Morgan fingerprint density at radius 3 is 3.00 bits per heavy atom. The van der Waals surface area contributed by atoms with Crippen LogP contribution >= 0.6 is 15.9 Å². The molecule has 0 bridgehead atoms. The molecule has 0 spiro atoms. The van der Waals surface area contributed by atoms with Gasteiger partial charge in [0, 0.05) is 0 Å². The predicted octanol–water partition coefficient (Wildman–Crippen LogP) is 1.74. The molecule has 1 aliphatic rings. The average molecular weight is 228 g/mol. The first-order chi connectivity index (χ1) is 5.77. The molecule has 3 nitrogen and oxygen atoms in total. The van der Waals surface area contributed by atoms with Gasteiger partial charge in [0.2, 0.25) is 5.01 Å². The Bertz CT molecular complexity index is 327. The van der Waals surface area contributed by atoms with Crippen LogP contribution in [-0.2, 0) is 4.79 Å². The van der Waals surface area contributed by atoms with Crippen LogP contribution in [0.2, 0.25) is 0 Å². The zero-order valence-electron chi connectivity index (χ0n) is 6.08. The molecule has 1 aliphatic heterocycles. The highest BCUT2D eigenvalue weighted by Gasteiger charge is 2.23. The summed E-state index contributed by atoms with van der Waals surface area (Å²) in [6, 6.07) is 7.31. The molecule has 0 saturated carbocycles. The fraction of sp³-hybridized carbons (Fsp3) is 0.125. The van der Waals surface area contributed by atoms with E-state index < -0.39 is 5.01 Å². The van der Waals surface area contributed by atoms with Gasteiger partial charge < -0.3 is 10.1 Å². The number of halogens is 1. The number of carbonyl (C=O) groups excluding carboxylic acids is 1. The van der Waals surface area contributed by atoms with Crippen LogP contribution in [0.25, 0.3) is 0 Å². The molecule has 1 N–H and O–H groups in total. The lowest BCUT2D eigenvalue weighted by Gasteiger charge is -2.21. The number of carbonyl (C=O) groups is 1. The highest BCUT2D eigenvalue weighted by Crippen LogP contribution is 2.29. The van der Waals surface area contributed by atoms with Crippen molar-refractivity contribution in [3.8, 4) is 5.75 Å². The van der Waals surface area contributed by atoms with Gasteiger partial charge in [-0.3, -0.25) is 4.79 Å². The van der Waals surface area contributed by atoms with Crippen LogP contribution in [0.5, 0.6) is 5.75 Å². The van der Waals surface area contributed by atoms with E-state index in [-0.39, 0.29) is 5.91 Å². The van der Waals surface area contributed by atoms with Crippen molar-refractivity contribution < 1.29 is 9.53 Å². The lowest BCUT2D eigenvalue weighted by atomic mass is 10.2. The number of ether oxygens (including phenoxy) is 1. The minimum atomic E-state index is -0.576. The summed E-state index contributed by atoms with van der Waals surface area (Å²) in [5, 5.41) is 2.12. The van der Waals surface area contributed by atoms with Crippen molar-refractivity contribution in [2.24, 2.45) is 0 Å². The number of para-hydroxylation sites is 2. The van der Waals surface area contributed by atoms with E-state index in [1.807, 2.05) is 18.2 Å². The first-order valence-electron chi connectivity index (χ1n) is 3.48. The largest absolute Gasteiger partial charge is 0.467 e. The number of hydrogen-bond acceptors (Lipinski definition) is 2. The molecular formula is C8H6BrNO2. The van der Waals surface area contributed by atoms with E-state index in [1.165, 1.54) is 0 Å². The summed E-state index contributed by atoms with van der Waals surface area (Å²) in [5.74, 6) is 0.521. The van der Waals surface area contributed by atoms with Gasteiger partial charge in [-0.1, -0.05) is 12.1 Å². The van der Waals surface area contributed by atoms with Crippen LogP contribution in [0.15, 0.2) is 24.3 Å². The second-order valence-electron chi connectivity index (χ2n) is 2.42. The van der Waals surface area contributed by atoms with Crippen molar-refractivity contribution in [3.05, 3.63) is 24.3 Å². The topological polar surface area (TPSA) is 38.3 Å². The molecule has 0 fully saturated rings. The Kier molecular flexibility index (Phi) is 1.77. The molecule has 1 aromatic rings. The molecule has 0 aliphatic carbocycles. The van der Waals surface area contributed by atoms with Crippen LogP contribution in [0, 0.1) is 0 Å². The molecular weight excluding hydrogens is 222 g/mol. The number of rotatable bonds is 0. The molecule has 62 valence electrons. The van der Waals surface area contributed by atoms with E-state index in [0.29, 0.717) is 5.75 Å². The molecule has 1 amide bonds. The standard InChI is InChI=1S/C8H6BrNO2/c9-7-8(11)10-5-3-1-2-4-6(5)12-7/h1-4,7H,(H,10,11). The summed E-state index contributed by atoms with van der Waals surface area (Å²) >= 11 is 3.09. The third kappa shape index (κ3) is 1.18. The van der Waals surface area contributed by atoms with E-state index in [1.54, 1.807) is 6.07 Å². The van der Waals surface area contributed by atoms with E-state index in [4.69, 9.17) is 4.74 Å². The number of alkyl halides is 1. The molecule has 4 heteroatoms. The molecule has 0 aromatic heterocycles. The fourth-order valence-electron chi connectivity index (χ4n) is 1.03. The van der Waals surface area contributed by atoms with Crippen molar-refractivity contribution in [2.75, 3.05) is 5.32 Å². The molecule has 2 rings (SSSR count). The van der Waals surface area contributed by atoms with Crippen molar-refractivity contribution in [2.45, 2.75) is 5.01 Å². The smallest absolute Gasteiger partial charge is 0.276 e. The Morgan fingerprint density at radius 2 is 2.17 bits per heavy atom. The molecule has 1 unspecified atom stereocenters. The van der Waals surface area contributed by atoms with Gasteiger partial charge in [-0.25, -0.2) is 0 Å². The number of hydrogen-bond donors (Lipinski definition) is 1. The lowest BCUT2D eigenvalue weighted by molar-refractivity contribution is -0.119.